The number of nitrogens with zero attached hydrogens (tertiary/aromatic N) is 1. The second-order valence-electron chi connectivity index (χ2n) is 5.64. The highest BCUT2D eigenvalue weighted by Crippen LogP contribution is 2.15. The number of guanidine groups is 1. The second-order valence-corrected chi connectivity index (χ2v) is 8.69. The van der Waals surface area contributed by atoms with Crippen molar-refractivity contribution in [1.82, 2.24) is 15.4 Å². The van der Waals surface area contributed by atoms with Gasteiger partial charge < -0.3 is 10.6 Å². The smallest absolute Gasteiger partial charge is 0.240 e. The van der Waals surface area contributed by atoms with Crippen LogP contribution in [0.2, 0.25) is 0 Å². The molecule has 0 aliphatic heterocycles. The summed E-state index contributed by atoms with van der Waals surface area (Å²) in [7, 11) is -2.04. The maximum Gasteiger partial charge on any atom is 0.240 e. The summed E-state index contributed by atoms with van der Waals surface area (Å²) in [6.07, 6.45) is 0. The van der Waals surface area contributed by atoms with Crippen molar-refractivity contribution >= 4 is 51.7 Å². The van der Waals surface area contributed by atoms with E-state index in [0.717, 1.165) is 24.4 Å². The molecule has 0 heterocycles. The van der Waals surface area contributed by atoms with Crippen LogP contribution in [0.25, 0.3) is 0 Å². The van der Waals surface area contributed by atoms with Crippen molar-refractivity contribution in [2.45, 2.75) is 23.3 Å². The third kappa shape index (κ3) is 8.38. The van der Waals surface area contributed by atoms with Gasteiger partial charge in [0.1, 0.15) is 0 Å². The Morgan fingerprint density at radius 2 is 1.82 bits per heavy atom. The highest BCUT2D eigenvalue weighted by molar-refractivity contribution is 14.0. The van der Waals surface area contributed by atoms with E-state index in [4.69, 9.17) is 0 Å². The Kier molecular flexibility index (Phi) is 11.5. The molecule has 0 saturated carbocycles. The number of nitrogens with one attached hydrogen (secondary N) is 3. The number of hydrogen-bond donors (Lipinski definition) is 3. The highest BCUT2D eigenvalue weighted by atomic mass is 127. The topological polar surface area (TPSA) is 82.6 Å². The van der Waals surface area contributed by atoms with Crippen molar-refractivity contribution in [2.75, 3.05) is 25.9 Å². The van der Waals surface area contributed by atoms with Crippen LogP contribution >= 0.6 is 35.7 Å². The molecule has 2 rings (SSSR count). The molecular formula is C19H27IN4O2S2. The van der Waals surface area contributed by atoms with Gasteiger partial charge in [-0.15, -0.1) is 35.7 Å². The maximum absolute atomic E-state index is 11.9. The lowest BCUT2D eigenvalue weighted by Crippen LogP contribution is -2.38. The van der Waals surface area contributed by atoms with Crippen molar-refractivity contribution in [3.05, 3.63) is 60.2 Å². The number of sulfonamides is 1. The Hall–Kier alpha value is -1.30. The van der Waals surface area contributed by atoms with E-state index in [9.17, 15) is 8.42 Å². The van der Waals surface area contributed by atoms with Gasteiger partial charge in [0, 0.05) is 23.7 Å². The van der Waals surface area contributed by atoms with Gasteiger partial charge in [0.05, 0.1) is 11.4 Å². The molecule has 0 atom stereocenters. The molecule has 0 unspecified atom stereocenters. The Bertz CT molecular complexity index is 846. The van der Waals surface area contributed by atoms with Gasteiger partial charge in [0.15, 0.2) is 5.96 Å². The molecule has 0 aliphatic carbocycles. The average Bonchev–Trinajstić information content (AvgIpc) is 2.70. The molecular weight excluding hydrogens is 507 g/mol. The number of thioether (sulfide) groups is 1. The average molecular weight is 534 g/mol. The molecule has 28 heavy (non-hydrogen) atoms. The monoisotopic (exact) mass is 534 g/mol. The minimum Gasteiger partial charge on any atom is -0.357 e. The zero-order chi connectivity index (χ0) is 19.5. The highest BCUT2D eigenvalue weighted by Gasteiger charge is 2.11. The Labute approximate surface area is 189 Å². The largest absolute Gasteiger partial charge is 0.357 e. The first kappa shape index (κ1) is 24.7. The fourth-order valence-electron chi connectivity index (χ4n) is 2.30. The lowest BCUT2D eigenvalue weighted by molar-refractivity contribution is 0.588. The minimum absolute atomic E-state index is 0. The first-order valence-corrected chi connectivity index (χ1v) is 11.2. The summed E-state index contributed by atoms with van der Waals surface area (Å²) in [4.78, 5) is 6.03. The summed E-state index contributed by atoms with van der Waals surface area (Å²) in [5, 5.41) is 6.51. The van der Waals surface area contributed by atoms with E-state index in [1.165, 1.54) is 11.9 Å². The lowest BCUT2D eigenvalue weighted by Gasteiger charge is -2.11. The summed E-state index contributed by atoms with van der Waals surface area (Å²) in [5.74, 6) is 1.64. The van der Waals surface area contributed by atoms with Crippen LogP contribution in [-0.4, -0.2) is 40.3 Å². The Morgan fingerprint density at radius 3 is 2.50 bits per heavy atom. The van der Waals surface area contributed by atoms with Gasteiger partial charge in [0.25, 0.3) is 0 Å². The van der Waals surface area contributed by atoms with Crippen LogP contribution in [0, 0.1) is 0 Å². The van der Waals surface area contributed by atoms with Gasteiger partial charge in [-0.05, 0) is 43.8 Å². The number of hydrogen-bond acceptors (Lipinski definition) is 4. The predicted molar refractivity (Wildman–Crippen MR) is 128 cm³/mol. The van der Waals surface area contributed by atoms with E-state index in [-0.39, 0.29) is 28.9 Å². The molecule has 0 bridgehead atoms. The number of aliphatic imine (C=N–C) groups is 1. The van der Waals surface area contributed by atoms with Gasteiger partial charge >= 0.3 is 0 Å². The molecule has 2 aromatic rings. The van der Waals surface area contributed by atoms with Crippen LogP contribution in [-0.2, 0) is 16.6 Å². The lowest BCUT2D eigenvalue weighted by atomic mass is 10.2. The van der Waals surface area contributed by atoms with Crippen molar-refractivity contribution in [3.8, 4) is 0 Å². The van der Waals surface area contributed by atoms with Gasteiger partial charge in [0.2, 0.25) is 10.0 Å². The van der Waals surface area contributed by atoms with Crippen LogP contribution in [0.4, 0.5) is 0 Å². The summed E-state index contributed by atoms with van der Waals surface area (Å²) in [6, 6.07) is 17.1. The number of rotatable bonds is 9. The third-order valence-corrected chi connectivity index (χ3v) is 6.07. The molecule has 0 spiro atoms. The molecule has 154 valence electrons. The molecule has 0 radical (unpaired) electrons. The number of benzene rings is 2. The van der Waals surface area contributed by atoms with Gasteiger partial charge in [-0.3, -0.25) is 0 Å². The molecule has 9 heteroatoms. The first-order valence-electron chi connectivity index (χ1n) is 8.77. The Morgan fingerprint density at radius 1 is 1.07 bits per heavy atom. The molecule has 0 aromatic heterocycles. The predicted octanol–water partition coefficient (Wildman–Crippen LogP) is 3.06. The van der Waals surface area contributed by atoms with E-state index in [1.807, 2.05) is 31.2 Å². The second kappa shape index (κ2) is 13.0. The first-order chi connectivity index (χ1) is 13.0. The molecule has 3 N–H and O–H groups in total. The maximum atomic E-state index is 11.9. The van der Waals surface area contributed by atoms with E-state index < -0.39 is 10.0 Å². The zero-order valence-corrected chi connectivity index (χ0v) is 20.0. The van der Waals surface area contributed by atoms with Crippen LogP contribution in [0.1, 0.15) is 12.5 Å². The number of halogens is 1. The quantitative estimate of drug-likeness (QED) is 0.152. The fraction of sp³-hybridized carbons (Fsp3) is 0.316. The molecule has 6 nitrogen and oxygen atoms in total. The summed E-state index contributed by atoms with van der Waals surface area (Å²) < 4.78 is 26.1. The third-order valence-electron chi connectivity index (χ3n) is 3.65. The van der Waals surface area contributed by atoms with Crippen molar-refractivity contribution in [1.29, 1.82) is 0 Å². The zero-order valence-electron chi connectivity index (χ0n) is 16.0. The summed E-state index contributed by atoms with van der Waals surface area (Å²) in [5.41, 5.74) is 0.835. The van der Waals surface area contributed by atoms with Crippen molar-refractivity contribution < 1.29 is 8.42 Å². The summed E-state index contributed by atoms with van der Waals surface area (Å²) >= 11 is 1.78. The molecule has 0 amide bonds. The van der Waals surface area contributed by atoms with Gasteiger partial charge in [-0.1, -0.05) is 30.3 Å². The van der Waals surface area contributed by atoms with Crippen LogP contribution < -0.4 is 15.4 Å². The van der Waals surface area contributed by atoms with E-state index in [1.54, 1.807) is 30.0 Å². The standard InChI is InChI=1S/C19H26N4O2S2.HI/c1-3-21-19(22-12-13-26-17-9-5-4-6-10-17)23-15-16-8-7-11-18(14-16)27(24,25)20-2;/h4-11,14,20H,3,12-13,15H2,1-2H3,(H2,21,22,23);1H. The van der Waals surface area contributed by atoms with E-state index >= 15 is 0 Å². The molecule has 2 aromatic carbocycles. The molecule has 0 aliphatic rings. The van der Waals surface area contributed by atoms with Crippen molar-refractivity contribution in [2.24, 2.45) is 4.99 Å². The van der Waals surface area contributed by atoms with Crippen molar-refractivity contribution in [3.63, 3.8) is 0 Å². The van der Waals surface area contributed by atoms with Crippen LogP contribution in [0.5, 0.6) is 0 Å². The normalized spacial score (nSPS) is 11.6. The van der Waals surface area contributed by atoms with Crippen LogP contribution in [0.15, 0.2) is 69.4 Å². The van der Waals surface area contributed by atoms with E-state index in [2.05, 4.69) is 32.5 Å². The van der Waals surface area contributed by atoms with Crippen LogP contribution in [0.3, 0.4) is 0 Å². The SMILES string of the molecule is CCNC(=NCc1cccc(S(=O)(=O)NC)c1)NCCSc1ccccc1.I. The van der Waals surface area contributed by atoms with E-state index in [0.29, 0.717) is 12.5 Å². The van der Waals surface area contributed by atoms with Gasteiger partial charge in [-0.2, -0.15) is 0 Å². The summed E-state index contributed by atoms with van der Waals surface area (Å²) in [6.45, 7) is 3.94. The molecule has 0 saturated heterocycles. The van der Waals surface area contributed by atoms with Gasteiger partial charge in [-0.25, -0.2) is 18.1 Å². The minimum atomic E-state index is -3.45. The fourth-order valence-corrected chi connectivity index (χ4v) is 3.89. The molecule has 0 fully saturated rings. The Balaban J connectivity index is 0.00000392.